The zero-order chi connectivity index (χ0) is 13.7. The van der Waals surface area contributed by atoms with Crippen molar-refractivity contribution < 1.29 is 4.39 Å². The highest BCUT2D eigenvalue weighted by Crippen LogP contribution is 2.30. The summed E-state index contributed by atoms with van der Waals surface area (Å²) in [5.41, 5.74) is 2.05. The van der Waals surface area contributed by atoms with Crippen molar-refractivity contribution >= 4 is 11.0 Å². The third-order valence-corrected chi connectivity index (χ3v) is 3.09. The molecule has 0 unspecified atom stereocenters. The molecule has 1 aromatic carbocycles. The Balaban J connectivity index is 2.65. The number of H-pyrrole nitrogens is 1. The van der Waals surface area contributed by atoms with E-state index in [2.05, 4.69) is 30.7 Å². The first kappa shape index (κ1) is 13.1. The van der Waals surface area contributed by atoms with Gasteiger partial charge in [0.25, 0.3) is 0 Å². The smallest absolute Gasteiger partial charge is 0.129 e. The Hall–Kier alpha value is -1.38. The molecule has 0 aliphatic carbocycles. The first-order valence-corrected chi connectivity index (χ1v) is 6.29. The molecule has 0 atom stereocenters. The number of fused-ring (bicyclic) bond motifs is 1. The number of hydrogen-bond acceptors (Lipinski definition) is 1. The monoisotopic (exact) mass is 248 g/mol. The van der Waals surface area contributed by atoms with Crippen molar-refractivity contribution in [3.63, 3.8) is 0 Å². The highest BCUT2D eigenvalue weighted by atomic mass is 19.1. The minimum Gasteiger partial charge on any atom is -0.341 e. The lowest BCUT2D eigenvalue weighted by Gasteiger charge is -2.19. The number of rotatable bonds is 0. The summed E-state index contributed by atoms with van der Waals surface area (Å²) in [6.45, 7) is 12.3. The summed E-state index contributed by atoms with van der Waals surface area (Å²) in [7, 11) is 0. The molecule has 0 radical (unpaired) electrons. The summed E-state index contributed by atoms with van der Waals surface area (Å²) in [6.07, 6.45) is 0. The second kappa shape index (κ2) is 3.81. The fraction of sp³-hybridized carbons (Fsp3) is 0.533. The summed E-state index contributed by atoms with van der Waals surface area (Å²) < 4.78 is 14.1. The number of nitrogens with zero attached hydrogens (tertiary/aromatic N) is 1. The van der Waals surface area contributed by atoms with Gasteiger partial charge in [0.2, 0.25) is 0 Å². The van der Waals surface area contributed by atoms with E-state index in [1.165, 1.54) is 0 Å². The third kappa shape index (κ3) is 2.26. The van der Waals surface area contributed by atoms with Gasteiger partial charge in [-0.05, 0) is 23.1 Å². The predicted octanol–water partition coefficient (Wildman–Crippen LogP) is 4.30. The van der Waals surface area contributed by atoms with Gasteiger partial charge in [-0.15, -0.1) is 0 Å². The van der Waals surface area contributed by atoms with E-state index < -0.39 is 0 Å². The SMILES string of the molecule is CC(C)(C)c1nc2cc(C(C)(C)C)c(F)cc2[nH]1. The molecule has 1 heterocycles. The second-order valence-corrected chi connectivity index (χ2v) is 6.93. The lowest BCUT2D eigenvalue weighted by molar-refractivity contribution is 0.524. The summed E-state index contributed by atoms with van der Waals surface area (Å²) in [4.78, 5) is 7.78. The fourth-order valence-corrected chi connectivity index (χ4v) is 1.96. The number of hydrogen-bond donors (Lipinski definition) is 1. The average molecular weight is 248 g/mol. The minimum absolute atomic E-state index is 0.0581. The van der Waals surface area contributed by atoms with Gasteiger partial charge in [-0.25, -0.2) is 9.37 Å². The molecule has 0 aliphatic heterocycles. The number of halogens is 1. The Kier molecular flexibility index (Phi) is 2.76. The van der Waals surface area contributed by atoms with Gasteiger partial charge in [0.05, 0.1) is 11.0 Å². The van der Waals surface area contributed by atoms with Crippen molar-refractivity contribution in [2.24, 2.45) is 0 Å². The number of nitrogens with one attached hydrogen (secondary N) is 1. The summed E-state index contributed by atoms with van der Waals surface area (Å²) in [5, 5.41) is 0. The Morgan fingerprint density at radius 1 is 1.00 bits per heavy atom. The van der Waals surface area contributed by atoms with Crippen molar-refractivity contribution in [1.82, 2.24) is 9.97 Å². The van der Waals surface area contributed by atoms with Crippen LogP contribution in [0.2, 0.25) is 0 Å². The largest absolute Gasteiger partial charge is 0.341 e. The summed E-state index contributed by atoms with van der Waals surface area (Å²) >= 11 is 0. The van der Waals surface area contributed by atoms with Gasteiger partial charge >= 0.3 is 0 Å². The van der Waals surface area contributed by atoms with Gasteiger partial charge in [0.15, 0.2) is 0 Å². The molecule has 0 fully saturated rings. The van der Waals surface area contributed by atoms with Crippen LogP contribution < -0.4 is 0 Å². The molecule has 2 nitrogen and oxygen atoms in total. The zero-order valence-corrected chi connectivity index (χ0v) is 12.0. The molecule has 18 heavy (non-hydrogen) atoms. The molecular formula is C15H21FN2. The minimum atomic E-state index is -0.209. The number of benzene rings is 1. The van der Waals surface area contributed by atoms with Crippen LogP contribution in [0.1, 0.15) is 52.9 Å². The van der Waals surface area contributed by atoms with E-state index in [-0.39, 0.29) is 16.6 Å². The van der Waals surface area contributed by atoms with Crippen LogP contribution in [0.25, 0.3) is 11.0 Å². The average Bonchev–Trinajstić information content (AvgIpc) is 2.56. The predicted molar refractivity (Wildman–Crippen MR) is 73.5 cm³/mol. The molecule has 0 amide bonds. The van der Waals surface area contributed by atoms with Crippen LogP contribution in [-0.2, 0) is 10.8 Å². The van der Waals surface area contributed by atoms with E-state index >= 15 is 0 Å². The van der Waals surface area contributed by atoms with Crippen LogP contribution in [0, 0.1) is 5.82 Å². The molecule has 0 aliphatic rings. The van der Waals surface area contributed by atoms with E-state index in [4.69, 9.17) is 0 Å². The van der Waals surface area contributed by atoms with Crippen LogP contribution in [0.5, 0.6) is 0 Å². The van der Waals surface area contributed by atoms with Crippen LogP contribution in [0.15, 0.2) is 12.1 Å². The molecule has 2 aromatic rings. The highest BCUT2D eigenvalue weighted by molar-refractivity contribution is 5.76. The van der Waals surface area contributed by atoms with Crippen LogP contribution >= 0.6 is 0 Å². The van der Waals surface area contributed by atoms with Crippen molar-refractivity contribution in [2.75, 3.05) is 0 Å². The van der Waals surface area contributed by atoms with Gasteiger partial charge in [0, 0.05) is 5.41 Å². The summed E-state index contributed by atoms with van der Waals surface area (Å²) in [6, 6.07) is 3.41. The molecule has 0 bridgehead atoms. The first-order chi connectivity index (χ1) is 8.09. The van der Waals surface area contributed by atoms with Crippen molar-refractivity contribution in [3.05, 3.63) is 29.3 Å². The second-order valence-electron chi connectivity index (χ2n) is 6.93. The molecule has 1 N–H and O–H groups in total. The quantitative estimate of drug-likeness (QED) is 0.740. The molecule has 2 rings (SSSR count). The maximum absolute atomic E-state index is 14.1. The van der Waals surface area contributed by atoms with Gasteiger partial charge in [-0.2, -0.15) is 0 Å². The van der Waals surface area contributed by atoms with Crippen molar-refractivity contribution in [2.45, 2.75) is 52.4 Å². The lowest BCUT2D eigenvalue weighted by atomic mass is 9.86. The van der Waals surface area contributed by atoms with E-state index in [1.807, 2.05) is 26.8 Å². The molecule has 3 heteroatoms. The summed E-state index contributed by atoms with van der Waals surface area (Å²) in [5.74, 6) is 0.724. The molecule has 98 valence electrons. The number of aromatic nitrogens is 2. The van der Waals surface area contributed by atoms with Crippen LogP contribution in [-0.4, -0.2) is 9.97 Å². The number of imidazole rings is 1. The van der Waals surface area contributed by atoms with E-state index in [9.17, 15) is 4.39 Å². The zero-order valence-electron chi connectivity index (χ0n) is 12.0. The third-order valence-electron chi connectivity index (χ3n) is 3.09. The van der Waals surface area contributed by atoms with E-state index in [1.54, 1.807) is 6.07 Å². The van der Waals surface area contributed by atoms with Gasteiger partial charge in [-0.1, -0.05) is 41.5 Å². The highest BCUT2D eigenvalue weighted by Gasteiger charge is 2.22. The fourth-order valence-electron chi connectivity index (χ4n) is 1.96. The van der Waals surface area contributed by atoms with Crippen molar-refractivity contribution in [3.8, 4) is 0 Å². The van der Waals surface area contributed by atoms with E-state index in [0.29, 0.717) is 5.56 Å². The molecule has 1 aromatic heterocycles. The van der Waals surface area contributed by atoms with Gasteiger partial charge in [-0.3, -0.25) is 0 Å². The normalized spacial score (nSPS) is 13.3. The molecule has 0 spiro atoms. The van der Waals surface area contributed by atoms with E-state index in [0.717, 1.165) is 16.9 Å². The Morgan fingerprint density at radius 2 is 1.61 bits per heavy atom. The maximum Gasteiger partial charge on any atom is 0.129 e. The first-order valence-electron chi connectivity index (χ1n) is 6.29. The van der Waals surface area contributed by atoms with Gasteiger partial charge < -0.3 is 4.98 Å². The van der Waals surface area contributed by atoms with Crippen molar-refractivity contribution in [1.29, 1.82) is 0 Å². The Morgan fingerprint density at radius 3 is 2.11 bits per heavy atom. The molecule has 0 saturated carbocycles. The Bertz CT molecular complexity index is 583. The van der Waals surface area contributed by atoms with Crippen LogP contribution in [0.4, 0.5) is 4.39 Å². The van der Waals surface area contributed by atoms with Gasteiger partial charge in [0.1, 0.15) is 11.6 Å². The number of aromatic amines is 1. The lowest BCUT2D eigenvalue weighted by Crippen LogP contribution is -2.13. The topological polar surface area (TPSA) is 28.7 Å². The Labute approximate surface area is 108 Å². The van der Waals surface area contributed by atoms with Crippen LogP contribution in [0.3, 0.4) is 0 Å². The molecular weight excluding hydrogens is 227 g/mol. The molecule has 0 saturated heterocycles. The maximum atomic E-state index is 14.1. The standard InChI is InChI=1S/C15H21FN2/c1-14(2,3)9-7-11-12(8-10(9)16)18-13(17-11)15(4,5)6/h7-8H,1-6H3,(H,17,18).